The van der Waals surface area contributed by atoms with E-state index in [-0.39, 0.29) is 6.04 Å². The normalized spacial score (nSPS) is 31.1. The Morgan fingerprint density at radius 1 is 1.37 bits per heavy atom. The smallest absolute Gasteiger partial charge is 0.320 e. The van der Waals surface area contributed by atoms with Crippen molar-refractivity contribution >= 4 is 5.97 Å². The van der Waals surface area contributed by atoms with Crippen LogP contribution in [0.5, 0.6) is 0 Å². The predicted octanol–water partition coefficient (Wildman–Crippen LogP) is 1.32. The summed E-state index contributed by atoms with van der Waals surface area (Å²) in [4.78, 5) is 13.6. The molecular weight excluding hydrogens is 240 g/mol. The molecule has 2 aliphatic heterocycles. The minimum absolute atomic E-state index is 0.295. The Labute approximate surface area is 113 Å². The van der Waals surface area contributed by atoms with Gasteiger partial charge in [-0.2, -0.15) is 0 Å². The molecule has 2 saturated heterocycles. The summed E-state index contributed by atoms with van der Waals surface area (Å²) in [5.41, 5.74) is 1.33. The molecule has 1 aromatic carbocycles. The summed E-state index contributed by atoms with van der Waals surface area (Å²) in [7, 11) is 0. The maximum absolute atomic E-state index is 11.2. The lowest BCUT2D eigenvalue weighted by Gasteiger charge is -2.45. The molecule has 102 valence electrons. The molecule has 19 heavy (non-hydrogen) atoms. The zero-order valence-corrected chi connectivity index (χ0v) is 11.0. The minimum Gasteiger partial charge on any atom is -0.480 e. The summed E-state index contributed by atoms with van der Waals surface area (Å²) in [6, 6.07) is 10.6. The van der Waals surface area contributed by atoms with Crippen molar-refractivity contribution in [3.63, 3.8) is 0 Å². The minimum atomic E-state index is -0.694. The van der Waals surface area contributed by atoms with E-state index in [2.05, 4.69) is 34.5 Å². The summed E-state index contributed by atoms with van der Waals surface area (Å²) >= 11 is 0. The monoisotopic (exact) mass is 260 g/mol. The van der Waals surface area contributed by atoms with E-state index in [1.54, 1.807) is 0 Å². The second-order valence-corrected chi connectivity index (χ2v) is 5.62. The van der Waals surface area contributed by atoms with E-state index in [0.717, 1.165) is 32.5 Å². The van der Waals surface area contributed by atoms with Crippen molar-refractivity contribution in [3.05, 3.63) is 35.9 Å². The Kier molecular flexibility index (Phi) is 3.53. The van der Waals surface area contributed by atoms with Gasteiger partial charge in [-0.25, -0.2) is 0 Å². The third-order valence-corrected chi connectivity index (χ3v) is 4.42. The summed E-state index contributed by atoms with van der Waals surface area (Å²) in [5.74, 6) is -0.400. The molecule has 0 radical (unpaired) electrons. The lowest BCUT2D eigenvalue weighted by molar-refractivity contribution is -0.143. The van der Waals surface area contributed by atoms with Crippen LogP contribution in [0.2, 0.25) is 0 Å². The molecule has 0 spiro atoms. The maximum Gasteiger partial charge on any atom is 0.320 e. The van der Waals surface area contributed by atoms with Crippen LogP contribution in [0.1, 0.15) is 18.4 Å². The van der Waals surface area contributed by atoms with Gasteiger partial charge in [0.1, 0.15) is 6.04 Å². The van der Waals surface area contributed by atoms with Crippen molar-refractivity contribution in [3.8, 4) is 0 Å². The topological polar surface area (TPSA) is 52.6 Å². The third-order valence-electron chi connectivity index (χ3n) is 4.42. The van der Waals surface area contributed by atoms with Crippen LogP contribution in [-0.4, -0.2) is 41.1 Å². The molecule has 0 saturated carbocycles. The number of aliphatic carboxylic acids is 1. The molecule has 3 atom stereocenters. The number of piperidine rings is 2. The Bertz CT molecular complexity index is 449. The lowest BCUT2D eigenvalue weighted by atomic mass is 9.81. The molecule has 0 aromatic heterocycles. The van der Waals surface area contributed by atoms with Crippen LogP contribution in [0.25, 0.3) is 0 Å². The van der Waals surface area contributed by atoms with Crippen LogP contribution in [0.3, 0.4) is 0 Å². The van der Waals surface area contributed by atoms with Gasteiger partial charge >= 0.3 is 5.97 Å². The largest absolute Gasteiger partial charge is 0.480 e. The molecule has 2 bridgehead atoms. The Morgan fingerprint density at radius 3 is 2.89 bits per heavy atom. The third kappa shape index (κ3) is 2.65. The highest BCUT2D eigenvalue weighted by atomic mass is 16.4. The van der Waals surface area contributed by atoms with Crippen LogP contribution < -0.4 is 5.32 Å². The van der Waals surface area contributed by atoms with E-state index in [1.165, 1.54) is 5.56 Å². The summed E-state index contributed by atoms with van der Waals surface area (Å²) in [5, 5.41) is 12.4. The van der Waals surface area contributed by atoms with Gasteiger partial charge in [-0.1, -0.05) is 30.3 Å². The molecule has 0 aliphatic carbocycles. The van der Waals surface area contributed by atoms with Crippen molar-refractivity contribution in [1.29, 1.82) is 0 Å². The second-order valence-electron chi connectivity index (χ2n) is 5.62. The van der Waals surface area contributed by atoms with Crippen molar-refractivity contribution in [2.45, 2.75) is 31.5 Å². The van der Waals surface area contributed by atoms with E-state index < -0.39 is 5.97 Å². The van der Waals surface area contributed by atoms with Crippen LogP contribution in [-0.2, 0) is 11.3 Å². The molecule has 2 aliphatic rings. The number of hydrogen-bond acceptors (Lipinski definition) is 3. The van der Waals surface area contributed by atoms with E-state index >= 15 is 0 Å². The zero-order valence-electron chi connectivity index (χ0n) is 11.0. The molecule has 2 fully saturated rings. The fraction of sp³-hybridized carbons (Fsp3) is 0.533. The van der Waals surface area contributed by atoms with Crippen molar-refractivity contribution in [2.75, 3.05) is 13.1 Å². The van der Waals surface area contributed by atoms with Gasteiger partial charge < -0.3 is 10.4 Å². The van der Waals surface area contributed by atoms with Gasteiger partial charge in [0.25, 0.3) is 0 Å². The van der Waals surface area contributed by atoms with Gasteiger partial charge in [-0.15, -0.1) is 0 Å². The first-order chi connectivity index (χ1) is 9.24. The number of nitrogens with zero attached hydrogens (tertiary/aromatic N) is 1. The SMILES string of the molecule is O=C(O)C1NCC2CC1CCN2Cc1ccccc1. The average Bonchev–Trinajstić information content (AvgIpc) is 2.43. The van der Waals surface area contributed by atoms with Crippen LogP contribution in [0, 0.1) is 5.92 Å². The first-order valence-corrected chi connectivity index (χ1v) is 6.98. The lowest BCUT2D eigenvalue weighted by Crippen LogP contribution is -2.60. The van der Waals surface area contributed by atoms with Crippen molar-refractivity contribution in [2.24, 2.45) is 5.92 Å². The van der Waals surface area contributed by atoms with Crippen molar-refractivity contribution < 1.29 is 9.90 Å². The highest BCUT2D eigenvalue weighted by Crippen LogP contribution is 2.30. The number of hydrogen-bond donors (Lipinski definition) is 2. The standard InChI is InChI=1S/C15H20N2O2/c18-15(19)14-12-6-7-17(13(8-12)9-16-14)10-11-4-2-1-3-5-11/h1-5,12-14,16H,6-10H2,(H,18,19). The highest BCUT2D eigenvalue weighted by molar-refractivity contribution is 5.74. The first kappa shape index (κ1) is 12.6. The molecule has 0 amide bonds. The fourth-order valence-corrected chi connectivity index (χ4v) is 3.39. The number of fused-ring (bicyclic) bond motifs is 2. The van der Waals surface area contributed by atoms with Crippen LogP contribution in [0.4, 0.5) is 0 Å². The van der Waals surface area contributed by atoms with E-state index in [9.17, 15) is 9.90 Å². The fourth-order valence-electron chi connectivity index (χ4n) is 3.39. The zero-order chi connectivity index (χ0) is 13.2. The van der Waals surface area contributed by atoms with E-state index in [0.29, 0.717) is 12.0 Å². The number of benzene rings is 1. The van der Waals surface area contributed by atoms with Gasteiger partial charge in [-0.05, 0) is 30.9 Å². The highest BCUT2D eigenvalue weighted by Gasteiger charge is 2.39. The van der Waals surface area contributed by atoms with Gasteiger partial charge in [0.15, 0.2) is 0 Å². The van der Waals surface area contributed by atoms with Crippen LogP contribution >= 0.6 is 0 Å². The Hall–Kier alpha value is -1.39. The van der Waals surface area contributed by atoms with E-state index in [1.807, 2.05) is 6.07 Å². The first-order valence-electron chi connectivity index (χ1n) is 6.98. The number of nitrogens with one attached hydrogen (secondary N) is 1. The maximum atomic E-state index is 11.2. The molecular formula is C15H20N2O2. The number of carbonyl (C=O) groups is 1. The Balaban J connectivity index is 1.64. The van der Waals surface area contributed by atoms with E-state index in [4.69, 9.17) is 0 Å². The number of likely N-dealkylation sites (tertiary alicyclic amines) is 1. The molecule has 4 nitrogen and oxygen atoms in total. The number of rotatable bonds is 3. The molecule has 3 rings (SSSR count). The summed E-state index contributed by atoms with van der Waals surface area (Å²) < 4.78 is 0. The van der Waals surface area contributed by atoms with Gasteiger partial charge in [0, 0.05) is 19.1 Å². The van der Waals surface area contributed by atoms with Crippen molar-refractivity contribution in [1.82, 2.24) is 10.2 Å². The Morgan fingerprint density at radius 2 is 2.16 bits per heavy atom. The second kappa shape index (κ2) is 5.31. The molecule has 3 unspecified atom stereocenters. The van der Waals surface area contributed by atoms with Gasteiger partial charge in [0.2, 0.25) is 0 Å². The number of carboxylic acids is 1. The van der Waals surface area contributed by atoms with Crippen LogP contribution in [0.15, 0.2) is 30.3 Å². The van der Waals surface area contributed by atoms with Gasteiger partial charge in [-0.3, -0.25) is 9.69 Å². The van der Waals surface area contributed by atoms with Gasteiger partial charge in [0.05, 0.1) is 0 Å². The quantitative estimate of drug-likeness (QED) is 0.860. The molecule has 1 aromatic rings. The average molecular weight is 260 g/mol. The molecule has 2 heterocycles. The number of carboxylic acid groups (broad SMARTS) is 1. The summed E-state index contributed by atoms with van der Waals surface area (Å²) in [6.07, 6.45) is 1.99. The molecule has 2 N–H and O–H groups in total. The molecule has 4 heteroatoms. The summed E-state index contributed by atoms with van der Waals surface area (Å²) in [6.45, 7) is 2.77. The predicted molar refractivity (Wildman–Crippen MR) is 72.8 cm³/mol.